The van der Waals surface area contributed by atoms with Gasteiger partial charge in [-0.25, -0.2) is 0 Å². The highest BCUT2D eigenvalue weighted by Gasteiger charge is 2.15. The summed E-state index contributed by atoms with van der Waals surface area (Å²) in [5, 5.41) is 3.10. The van der Waals surface area contributed by atoms with Crippen LogP contribution in [0.15, 0.2) is 46.9 Å². The molecular formula is C20H21BrClN3O3S. The van der Waals surface area contributed by atoms with Crippen LogP contribution in [0.4, 0.5) is 0 Å². The summed E-state index contributed by atoms with van der Waals surface area (Å²) in [7, 11) is 0. The molecule has 0 radical (unpaired) electrons. The molecule has 0 aliphatic rings. The lowest BCUT2D eigenvalue weighted by Crippen LogP contribution is -2.48. The summed E-state index contributed by atoms with van der Waals surface area (Å²) < 4.78 is 6.42. The second-order valence-electron chi connectivity index (χ2n) is 6.10. The number of rotatable bonds is 7. The molecule has 0 aromatic heterocycles. The van der Waals surface area contributed by atoms with Gasteiger partial charge in [-0.15, -0.1) is 0 Å². The fourth-order valence-electron chi connectivity index (χ4n) is 2.29. The van der Waals surface area contributed by atoms with Crippen molar-refractivity contribution in [3.8, 4) is 5.75 Å². The maximum absolute atomic E-state index is 12.6. The number of hydrogen-bond donors (Lipinski definition) is 3. The molecule has 0 saturated heterocycles. The Balaban J connectivity index is 1.88. The van der Waals surface area contributed by atoms with Crippen LogP contribution >= 0.6 is 39.7 Å². The average molecular weight is 499 g/mol. The van der Waals surface area contributed by atoms with Gasteiger partial charge in [0.2, 0.25) is 5.91 Å². The van der Waals surface area contributed by atoms with E-state index in [2.05, 4.69) is 39.0 Å². The summed E-state index contributed by atoms with van der Waals surface area (Å²) in [5.74, 6) is -0.286. The molecule has 2 amide bonds. The molecule has 2 rings (SSSR count). The molecule has 0 bridgehead atoms. The smallest absolute Gasteiger partial charge is 0.261 e. The number of hydrogen-bond acceptors (Lipinski definition) is 4. The Morgan fingerprint density at radius 1 is 1.14 bits per heavy atom. The number of halogens is 2. The first kappa shape index (κ1) is 23.1. The molecule has 2 aromatic carbocycles. The van der Waals surface area contributed by atoms with Crippen LogP contribution in [0.1, 0.15) is 35.7 Å². The van der Waals surface area contributed by atoms with E-state index in [0.717, 1.165) is 22.9 Å². The van der Waals surface area contributed by atoms with Crippen molar-refractivity contribution in [1.82, 2.24) is 16.2 Å². The van der Waals surface area contributed by atoms with Gasteiger partial charge in [-0.2, -0.15) is 0 Å². The van der Waals surface area contributed by atoms with Crippen LogP contribution in [0.3, 0.4) is 0 Å². The van der Waals surface area contributed by atoms with Crippen LogP contribution in [0.2, 0.25) is 5.02 Å². The molecular weight excluding hydrogens is 478 g/mol. The van der Waals surface area contributed by atoms with Crippen molar-refractivity contribution in [1.29, 1.82) is 0 Å². The third kappa shape index (κ3) is 8.00. The van der Waals surface area contributed by atoms with Gasteiger partial charge in [0.1, 0.15) is 5.75 Å². The lowest BCUT2D eigenvalue weighted by Gasteiger charge is -2.14. The quantitative estimate of drug-likeness (QED) is 0.303. The van der Waals surface area contributed by atoms with Crippen molar-refractivity contribution in [2.45, 2.75) is 26.2 Å². The maximum Gasteiger partial charge on any atom is 0.261 e. The number of thiocarbonyl (C=S) groups is 1. The lowest BCUT2D eigenvalue weighted by atomic mass is 10.1. The predicted molar refractivity (Wildman–Crippen MR) is 121 cm³/mol. The van der Waals surface area contributed by atoms with E-state index in [0.29, 0.717) is 22.9 Å². The number of nitrogens with one attached hydrogen (secondary N) is 3. The molecule has 0 spiro atoms. The first-order chi connectivity index (χ1) is 13.9. The van der Waals surface area contributed by atoms with Crippen molar-refractivity contribution < 1.29 is 14.3 Å². The molecule has 0 unspecified atom stereocenters. The van der Waals surface area contributed by atoms with Gasteiger partial charge >= 0.3 is 0 Å². The van der Waals surface area contributed by atoms with Gasteiger partial charge in [-0.3, -0.25) is 25.8 Å². The number of ether oxygens (including phenoxy) is 1. The van der Waals surface area contributed by atoms with Gasteiger partial charge in [-0.1, -0.05) is 53.0 Å². The highest BCUT2D eigenvalue weighted by molar-refractivity contribution is 9.10. The Morgan fingerprint density at radius 2 is 1.86 bits per heavy atom. The summed E-state index contributed by atoms with van der Waals surface area (Å²) in [6, 6.07) is 12.1. The predicted octanol–water partition coefficient (Wildman–Crippen LogP) is 4.16. The van der Waals surface area contributed by atoms with Gasteiger partial charge in [-0.05, 0) is 54.5 Å². The highest BCUT2D eigenvalue weighted by atomic mass is 79.9. The van der Waals surface area contributed by atoms with E-state index >= 15 is 0 Å². The third-order valence-electron chi connectivity index (χ3n) is 3.76. The second-order valence-corrected chi connectivity index (χ2v) is 7.86. The number of unbranched alkanes of at least 4 members (excludes halogenated alkanes) is 1. The summed E-state index contributed by atoms with van der Waals surface area (Å²) in [6.45, 7) is 2.58. The number of amides is 2. The molecule has 0 aliphatic heterocycles. The van der Waals surface area contributed by atoms with Crippen molar-refractivity contribution in [3.05, 3.63) is 63.1 Å². The Kier molecular flexibility index (Phi) is 9.37. The van der Waals surface area contributed by atoms with Crippen LogP contribution in [0.5, 0.6) is 5.75 Å². The van der Waals surface area contributed by atoms with Crippen LogP contribution < -0.4 is 20.9 Å². The monoisotopic (exact) mass is 497 g/mol. The summed E-state index contributed by atoms with van der Waals surface area (Å²) >= 11 is 14.3. The zero-order chi connectivity index (χ0) is 21.2. The van der Waals surface area contributed by atoms with E-state index in [4.69, 9.17) is 28.6 Å². The largest absolute Gasteiger partial charge is 0.493 e. The summed E-state index contributed by atoms with van der Waals surface area (Å²) in [5.41, 5.74) is 6.11. The van der Waals surface area contributed by atoms with Crippen LogP contribution in [0.25, 0.3) is 0 Å². The van der Waals surface area contributed by atoms with E-state index in [1.165, 1.54) is 0 Å². The van der Waals surface area contributed by atoms with E-state index < -0.39 is 5.91 Å². The fraction of sp³-hybridized carbons (Fsp3) is 0.250. The molecule has 0 heterocycles. The minimum atomic E-state index is -0.442. The Morgan fingerprint density at radius 3 is 2.55 bits per heavy atom. The first-order valence-electron chi connectivity index (χ1n) is 8.96. The topological polar surface area (TPSA) is 79.5 Å². The van der Waals surface area contributed by atoms with Crippen molar-refractivity contribution in [3.63, 3.8) is 0 Å². The highest BCUT2D eigenvalue weighted by Crippen LogP contribution is 2.23. The van der Waals surface area contributed by atoms with Gasteiger partial charge in [0.25, 0.3) is 5.91 Å². The number of carbonyl (C=O) groups is 2. The van der Waals surface area contributed by atoms with Crippen LogP contribution in [-0.4, -0.2) is 23.5 Å². The summed E-state index contributed by atoms with van der Waals surface area (Å²) in [6.07, 6.45) is 2.01. The summed E-state index contributed by atoms with van der Waals surface area (Å²) in [4.78, 5) is 24.6. The van der Waals surface area contributed by atoms with Gasteiger partial charge in [0, 0.05) is 9.50 Å². The fourth-order valence-corrected chi connectivity index (χ4v) is 2.92. The number of hydrazine groups is 1. The molecule has 29 heavy (non-hydrogen) atoms. The van der Waals surface area contributed by atoms with Gasteiger partial charge in [0.15, 0.2) is 5.11 Å². The minimum Gasteiger partial charge on any atom is -0.493 e. The van der Waals surface area contributed by atoms with Gasteiger partial charge in [0.05, 0.1) is 18.6 Å². The van der Waals surface area contributed by atoms with Crippen molar-refractivity contribution in [2.24, 2.45) is 0 Å². The van der Waals surface area contributed by atoms with E-state index in [1.807, 2.05) is 0 Å². The first-order valence-corrected chi connectivity index (χ1v) is 10.5. The zero-order valence-corrected chi connectivity index (χ0v) is 18.9. The molecule has 154 valence electrons. The van der Waals surface area contributed by atoms with Gasteiger partial charge < -0.3 is 4.74 Å². The Bertz CT molecular complexity index is 878. The van der Waals surface area contributed by atoms with Crippen LogP contribution in [0, 0.1) is 0 Å². The van der Waals surface area contributed by atoms with Crippen molar-refractivity contribution in [2.75, 3.05) is 6.61 Å². The third-order valence-corrected chi connectivity index (χ3v) is 4.71. The molecule has 0 aliphatic carbocycles. The SMILES string of the molecule is CCCCOc1ccc(Br)cc1C(=O)NC(=S)NNC(=O)Cc1ccc(Cl)cc1. The van der Waals surface area contributed by atoms with Crippen molar-refractivity contribution >= 4 is 56.7 Å². The molecule has 9 heteroatoms. The average Bonchev–Trinajstić information content (AvgIpc) is 2.69. The number of carbonyl (C=O) groups excluding carboxylic acids is 2. The second kappa shape index (κ2) is 11.7. The number of benzene rings is 2. The standard InChI is InChI=1S/C20H21BrClN3O3S/c1-2-3-10-28-17-9-6-14(21)12-16(17)19(27)23-20(29)25-24-18(26)11-13-4-7-15(22)8-5-13/h4-9,12H,2-3,10-11H2,1H3,(H,24,26)(H2,23,25,27,29). The molecule has 0 fully saturated rings. The maximum atomic E-state index is 12.6. The molecule has 2 aromatic rings. The Hall–Kier alpha value is -2.16. The van der Waals surface area contributed by atoms with E-state index in [9.17, 15) is 9.59 Å². The normalized spacial score (nSPS) is 10.2. The molecule has 6 nitrogen and oxygen atoms in total. The molecule has 0 atom stereocenters. The van der Waals surface area contributed by atoms with E-state index in [-0.39, 0.29) is 17.4 Å². The van der Waals surface area contributed by atoms with E-state index in [1.54, 1.807) is 42.5 Å². The molecule has 3 N–H and O–H groups in total. The zero-order valence-electron chi connectivity index (χ0n) is 15.8. The Labute approximate surface area is 188 Å². The lowest BCUT2D eigenvalue weighted by molar-refractivity contribution is -0.121. The van der Waals surface area contributed by atoms with Crippen LogP contribution in [-0.2, 0) is 11.2 Å². The molecule has 0 saturated carbocycles. The minimum absolute atomic E-state index is 0.0288.